The first-order valence-electron chi connectivity index (χ1n) is 6.80. The van der Waals surface area contributed by atoms with Gasteiger partial charge in [-0.2, -0.15) is 4.73 Å². The highest BCUT2D eigenvalue weighted by Crippen LogP contribution is 2.18. The second kappa shape index (κ2) is 7.24. The zero-order valence-electron chi connectivity index (χ0n) is 11.9. The number of hydrogen-bond donors (Lipinski definition) is 0. The van der Waals surface area contributed by atoms with Crippen LogP contribution in [0.1, 0.15) is 18.9 Å². The molecule has 1 aromatic carbocycles. The van der Waals surface area contributed by atoms with Crippen LogP contribution in [-0.2, 0) is 9.53 Å². The van der Waals surface area contributed by atoms with Gasteiger partial charge < -0.3 is 9.94 Å². The van der Waals surface area contributed by atoms with Crippen molar-refractivity contribution < 1.29 is 14.3 Å². The summed E-state index contributed by atoms with van der Waals surface area (Å²) < 4.78 is 5.61. The van der Waals surface area contributed by atoms with Crippen molar-refractivity contribution in [3.63, 3.8) is 0 Å². The lowest BCUT2D eigenvalue weighted by Gasteiger charge is -2.02. The summed E-state index contributed by atoms with van der Waals surface area (Å²) in [4.78, 5) is 11.2. The van der Waals surface area contributed by atoms with E-state index in [2.05, 4.69) is 0 Å². The third-order valence-electron chi connectivity index (χ3n) is 2.95. The maximum absolute atomic E-state index is 11.2. The summed E-state index contributed by atoms with van der Waals surface area (Å²) >= 11 is 0. The predicted octanol–water partition coefficient (Wildman–Crippen LogP) is 2.95. The molecule has 2 aromatic rings. The Hall–Kier alpha value is -2.62. The molecule has 108 valence electrons. The number of esters is 1. The Labute approximate surface area is 123 Å². The van der Waals surface area contributed by atoms with Crippen LogP contribution in [0.25, 0.3) is 17.2 Å². The summed E-state index contributed by atoms with van der Waals surface area (Å²) in [5.74, 6) is -0.222. The molecular formula is C17H17NO3. The molecule has 0 aliphatic rings. The maximum Gasteiger partial charge on any atom is 0.309 e. The monoisotopic (exact) mass is 283 g/mol. The molecule has 0 fully saturated rings. The van der Waals surface area contributed by atoms with E-state index in [0.717, 1.165) is 21.4 Å². The second-order valence-electron chi connectivity index (χ2n) is 4.48. The molecule has 4 heteroatoms. The molecule has 0 unspecified atom stereocenters. The van der Waals surface area contributed by atoms with Crippen LogP contribution in [0.5, 0.6) is 0 Å². The molecule has 21 heavy (non-hydrogen) atoms. The molecule has 0 saturated carbocycles. The number of nitrogens with zero attached hydrogens (tertiary/aromatic N) is 1. The van der Waals surface area contributed by atoms with Gasteiger partial charge in [-0.05, 0) is 23.6 Å². The minimum Gasteiger partial charge on any atom is -0.619 e. The molecule has 1 aromatic heterocycles. The van der Waals surface area contributed by atoms with Crippen molar-refractivity contribution in [2.75, 3.05) is 6.61 Å². The van der Waals surface area contributed by atoms with Gasteiger partial charge in [-0.15, -0.1) is 0 Å². The van der Waals surface area contributed by atoms with Crippen LogP contribution in [0.3, 0.4) is 0 Å². The fourth-order valence-corrected chi connectivity index (χ4v) is 1.90. The molecule has 0 radical (unpaired) electrons. The molecule has 0 spiro atoms. The Morgan fingerprint density at radius 2 is 1.76 bits per heavy atom. The second-order valence-corrected chi connectivity index (χ2v) is 4.48. The number of rotatable bonds is 5. The summed E-state index contributed by atoms with van der Waals surface area (Å²) in [6.45, 7) is 2.19. The molecule has 0 atom stereocenters. The molecule has 2 rings (SSSR count). The lowest BCUT2D eigenvalue weighted by Crippen LogP contribution is -2.23. The molecule has 0 aliphatic carbocycles. The number of pyridine rings is 1. The minimum atomic E-state index is -0.222. The number of ether oxygens (including phenoxy) is 1. The van der Waals surface area contributed by atoms with E-state index in [9.17, 15) is 10.0 Å². The highest BCUT2D eigenvalue weighted by Gasteiger charge is 1.99. The van der Waals surface area contributed by atoms with E-state index >= 15 is 0 Å². The normalized spacial score (nSPS) is 10.7. The zero-order valence-corrected chi connectivity index (χ0v) is 11.9. The number of hydrogen-bond acceptors (Lipinski definition) is 3. The van der Waals surface area contributed by atoms with Crippen molar-refractivity contribution in [2.45, 2.75) is 13.3 Å². The van der Waals surface area contributed by atoms with E-state index in [4.69, 9.17) is 4.74 Å². The van der Waals surface area contributed by atoms with Gasteiger partial charge in [0.05, 0.1) is 13.0 Å². The van der Waals surface area contributed by atoms with E-state index in [-0.39, 0.29) is 12.4 Å². The third-order valence-corrected chi connectivity index (χ3v) is 2.95. The van der Waals surface area contributed by atoms with E-state index < -0.39 is 0 Å². The van der Waals surface area contributed by atoms with Crippen LogP contribution >= 0.6 is 0 Å². The Morgan fingerprint density at radius 3 is 2.38 bits per heavy atom. The van der Waals surface area contributed by atoms with Crippen LogP contribution in [0.15, 0.2) is 54.9 Å². The average molecular weight is 283 g/mol. The highest BCUT2D eigenvalue weighted by molar-refractivity contribution is 5.73. The Kier molecular flexibility index (Phi) is 5.10. The van der Waals surface area contributed by atoms with Gasteiger partial charge in [0.1, 0.15) is 0 Å². The number of benzene rings is 1. The molecule has 1 heterocycles. The summed E-state index contributed by atoms with van der Waals surface area (Å²) in [7, 11) is 0. The van der Waals surface area contributed by atoms with Gasteiger partial charge in [-0.3, -0.25) is 4.79 Å². The first kappa shape index (κ1) is 14.8. The number of aromatic nitrogens is 1. The molecule has 0 saturated heterocycles. The topological polar surface area (TPSA) is 53.2 Å². The van der Waals surface area contributed by atoms with E-state index in [1.54, 1.807) is 25.1 Å². The maximum atomic E-state index is 11.2. The molecule has 0 aliphatic heterocycles. The summed E-state index contributed by atoms with van der Waals surface area (Å²) in [6, 6.07) is 11.4. The van der Waals surface area contributed by atoms with Gasteiger partial charge in [0.25, 0.3) is 0 Å². The quantitative estimate of drug-likeness (QED) is 0.481. The smallest absolute Gasteiger partial charge is 0.309 e. The summed E-state index contributed by atoms with van der Waals surface area (Å²) in [5.41, 5.74) is 3.04. The molecule has 0 amide bonds. The van der Waals surface area contributed by atoms with Crippen LogP contribution in [0, 0.1) is 5.21 Å². The lowest BCUT2D eigenvalue weighted by atomic mass is 10.0. The van der Waals surface area contributed by atoms with Crippen molar-refractivity contribution in [2.24, 2.45) is 0 Å². The molecular weight excluding hydrogens is 266 g/mol. The molecule has 0 bridgehead atoms. The van der Waals surface area contributed by atoms with Gasteiger partial charge >= 0.3 is 5.97 Å². The average Bonchev–Trinajstić information content (AvgIpc) is 2.49. The van der Waals surface area contributed by atoms with Crippen LogP contribution in [0.2, 0.25) is 0 Å². The minimum absolute atomic E-state index is 0.222. The predicted molar refractivity (Wildman–Crippen MR) is 81.1 cm³/mol. The van der Waals surface area contributed by atoms with E-state index in [1.165, 1.54) is 12.4 Å². The van der Waals surface area contributed by atoms with Crippen LogP contribution < -0.4 is 4.73 Å². The first-order valence-corrected chi connectivity index (χ1v) is 6.80. The van der Waals surface area contributed by atoms with Gasteiger partial charge in [-0.25, -0.2) is 0 Å². The first-order chi connectivity index (χ1) is 10.2. The lowest BCUT2D eigenvalue weighted by molar-refractivity contribution is -0.605. The van der Waals surface area contributed by atoms with E-state index in [1.807, 2.05) is 30.3 Å². The van der Waals surface area contributed by atoms with Crippen molar-refractivity contribution in [3.8, 4) is 11.1 Å². The van der Waals surface area contributed by atoms with Gasteiger partial charge in [0, 0.05) is 12.1 Å². The van der Waals surface area contributed by atoms with Crippen molar-refractivity contribution in [1.29, 1.82) is 0 Å². The van der Waals surface area contributed by atoms with Gasteiger partial charge in [-0.1, -0.05) is 36.4 Å². The van der Waals surface area contributed by atoms with Crippen LogP contribution in [-0.4, -0.2) is 12.6 Å². The zero-order chi connectivity index (χ0) is 15.1. The fourth-order valence-electron chi connectivity index (χ4n) is 1.90. The SMILES string of the molecule is CCOC(=O)CC=Cc1ccc(-c2cc[n+]([O-])cc2)cc1. The largest absolute Gasteiger partial charge is 0.619 e. The summed E-state index contributed by atoms with van der Waals surface area (Å²) in [6.07, 6.45) is 6.90. The van der Waals surface area contributed by atoms with Crippen LogP contribution in [0.4, 0.5) is 0 Å². The standard InChI is InChI=1S/C17H17NO3/c1-2-21-17(19)5-3-4-14-6-8-15(9-7-14)16-10-12-18(20)13-11-16/h3-4,6-13H,2,5H2,1H3. The van der Waals surface area contributed by atoms with Crippen molar-refractivity contribution in [1.82, 2.24) is 0 Å². The Bertz CT molecular complexity index is 615. The van der Waals surface area contributed by atoms with Crippen molar-refractivity contribution in [3.05, 3.63) is 65.6 Å². The van der Waals surface area contributed by atoms with E-state index in [0.29, 0.717) is 6.61 Å². The van der Waals surface area contributed by atoms with Crippen molar-refractivity contribution >= 4 is 12.0 Å². The molecule has 0 N–H and O–H groups in total. The number of carbonyl (C=O) groups is 1. The third kappa shape index (κ3) is 4.45. The van der Waals surface area contributed by atoms with Gasteiger partial charge in [0.2, 0.25) is 0 Å². The fraction of sp³-hybridized carbons (Fsp3) is 0.176. The Morgan fingerprint density at radius 1 is 1.14 bits per heavy atom. The Balaban J connectivity index is 2.00. The molecule has 4 nitrogen and oxygen atoms in total. The summed E-state index contributed by atoms with van der Waals surface area (Å²) in [5, 5.41) is 11.0. The van der Waals surface area contributed by atoms with Gasteiger partial charge in [0.15, 0.2) is 12.4 Å². The highest BCUT2D eigenvalue weighted by atomic mass is 16.5. The number of carbonyl (C=O) groups excluding carboxylic acids is 1.